The van der Waals surface area contributed by atoms with Crippen LogP contribution in [0.25, 0.3) is 142 Å². The van der Waals surface area contributed by atoms with Crippen molar-refractivity contribution in [1.29, 1.82) is 0 Å². The molecule has 0 aromatic heterocycles. The van der Waals surface area contributed by atoms with Gasteiger partial charge in [-0.25, -0.2) is 4.39 Å². The van der Waals surface area contributed by atoms with E-state index in [1.807, 2.05) is 6.07 Å². The van der Waals surface area contributed by atoms with Crippen LogP contribution in [-0.2, 0) is 0 Å². The number of halogens is 1. The van der Waals surface area contributed by atoms with Crippen LogP contribution < -0.4 is 0 Å². The zero-order valence-electron chi connectivity index (χ0n) is 31.8. The van der Waals surface area contributed by atoms with E-state index >= 15 is 4.39 Å². The average molecular weight is 747 g/mol. The Morgan fingerprint density at radius 2 is 0.763 bits per heavy atom. The normalized spacial score (nSPS) is 12.5. The maximum Gasteiger partial charge on any atom is 0.124 e. The number of hydrogen-bond acceptors (Lipinski definition) is 0. The van der Waals surface area contributed by atoms with Crippen molar-refractivity contribution in [3.05, 3.63) is 194 Å². The third kappa shape index (κ3) is 4.06. The van der Waals surface area contributed by atoms with Gasteiger partial charge in [-0.3, -0.25) is 0 Å². The maximum atomic E-state index is 15.6. The molecule has 2 aliphatic rings. The fourth-order valence-corrected chi connectivity index (χ4v) is 11.2. The minimum absolute atomic E-state index is 0.203. The van der Waals surface area contributed by atoms with E-state index in [0.29, 0.717) is 0 Å². The van der Waals surface area contributed by atoms with Gasteiger partial charge in [0.25, 0.3) is 0 Å². The van der Waals surface area contributed by atoms with Gasteiger partial charge >= 0.3 is 0 Å². The zero-order chi connectivity index (χ0) is 38.5. The van der Waals surface area contributed by atoms with Crippen molar-refractivity contribution in [1.82, 2.24) is 0 Å². The van der Waals surface area contributed by atoms with Crippen LogP contribution in [0.3, 0.4) is 0 Å². The Balaban J connectivity index is 1.15. The van der Waals surface area contributed by atoms with E-state index in [9.17, 15) is 0 Å². The molecule has 270 valence electrons. The summed E-state index contributed by atoms with van der Waals surface area (Å²) in [6.45, 7) is 0. The molecule has 12 aromatic rings. The lowest BCUT2D eigenvalue weighted by molar-refractivity contribution is 0.630. The molecule has 0 fully saturated rings. The highest BCUT2D eigenvalue weighted by Gasteiger charge is 2.32. The van der Waals surface area contributed by atoms with Crippen molar-refractivity contribution in [2.75, 3.05) is 0 Å². The van der Waals surface area contributed by atoms with E-state index in [2.05, 4.69) is 170 Å². The van der Waals surface area contributed by atoms with Crippen LogP contribution in [0.15, 0.2) is 188 Å². The van der Waals surface area contributed by atoms with Crippen molar-refractivity contribution in [2.45, 2.75) is 0 Å². The van der Waals surface area contributed by atoms with Crippen LogP contribution in [0.1, 0.15) is 0 Å². The van der Waals surface area contributed by atoms with Gasteiger partial charge in [-0.05, 0) is 179 Å². The summed E-state index contributed by atoms with van der Waals surface area (Å²) in [6.07, 6.45) is 0. The smallest absolute Gasteiger partial charge is 0.124 e. The molecule has 0 saturated heterocycles. The minimum atomic E-state index is -0.203. The summed E-state index contributed by atoms with van der Waals surface area (Å²) in [6, 6.07) is 68.3. The van der Waals surface area contributed by atoms with Crippen LogP contribution in [0.2, 0.25) is 0 Å². The molecule has 0 nitrogen and oxygen atoms in total. The summed E-state index contributed by atoms with van der Waals surface area (Å²) in [5.74, 6) is -0.203. The van der Waals surface area contributed by atoms with Gasteiger partial charge in [-0.15, -0.1) is 0 Å². The van der Waals surface area contributed by atoms with Crippen molar-refractivity contribution in [3.8, 4) is 66.8 Å². The Morgan fingerprint density at radius 3 is 1.54 bits per heavy atom. The van der Waals surface area contributed by atoms with E-state index in [4.69, 9.17) is 0 Å². The molecule has 59 heavy (non-hydrogen) atoms. The molecule has 0 spiro atoms. The van der Waals surface area contributed by atoms with E-state index in [-0.39, 0.29) is 5.82 Å². The Hall–Kier alpha value is -7.61. The predicted octanol–water partition coefficient (Wildman–Crippen LogP) is 16.5. The van der Waals surface area contributed by atoms with Gasteiger partial charge in [0, 0.05) is 0 Å². The Kier molecular flexibility index (Phi) is 6.02. The quantitative estimate of drug-likeness (QED) is 0.155. The third-order valence-corrected chi connectivity index (χ3v) is 13.5. The Bertz CT molecular complexity index is 3880. The molecule has 1 heteroatoms. The first kappa shape index (κ1) is 31.5. The predicted molar refractivity (Wildman–Crippen MR) is 249 cm³/mol. The first-order chi connectivity index (χ1) is 29.2. The standard InChI is InChI=1S/C58H31F/c59-37-29-49-39-19-10-8-16-34(39)27-48-46-26-36-22-23-42-40(45(36)31-47(46)50(30-37)55(48)49)24-25-44-52(32-12-3-1-4-13-32)58-51-28-35-17-7-9-18-38(35)41-20-11-21-43(54(41)51)57(58)53(56(42)44)33-14-5-2-6-15-33/h1-31H. The molecule has 0 unspecified atom stereocenters. The molecule has 0 radical (unpaired) electrons. The highest BCUT2D eigenvalue weighted by Crippen LogP contribution is 2.60. The highest BCUT2D eigenvalue weighted by atomic mass is 19.1. The summed E-state index contributed by atoms with van der Waals surface area (Å²) in [7, 11) is 0. The fourth-order valence-electron chi connectivity index (χ4n) is 11.2. The molecular formula is C58H31F. The van der Waals surface area contributed by atoms with E-state index in [1.54, 1.807) is 12.1 Å². The van der Waals surface area contributed by atoms with Gasteiger partial charge in [0.05, 0.1) is 0 Å². The highest BCUT2D eigenvalue weighted by molar-refractivity contribution is 6.35. The number of fused-ring (bicyclic) bond motifs is 15. The van der Waals surface area contributed by atoms with Crippen molar-refractivity contribution in [2.24, 2.45) is 0 Å². The summed E-state index contributed by atoms with van der Waals surface area (Å²) in [5, 5.41) is 16.7. The summed E-state index contributed by atoms with van der Waals surface area (Å²) < 4.78 is 15.6. The largest absolute Gasteiger partial charge is 0.207 e. The molecule has 2 aliphatic carbocycles. The number of hydrogen-bond donors (Lipinski definition) is 0. The van der Waals surface area contributed by atoms with Gasteiger partial charge in [0.1, 0.15) is 5.82 Å². The first-order valence-corrected chi connectivity index (χ1v) is 20.4. The second kappa shape index (κ2) is 11.3. The lowest BCUT2D eigenvalue weighted by Gasteiger charge is -2.22. The van der Waals surface area contributed by atoms with Crippen LogP contribution in [-0.4, -0.2) is 0 Å². The van der Waals surface area contributed by atoms with Gasteiger partial charge in [0.2, 0.25) is 0 Å². The van der Waals surface area contributed by atoms with Gasteiger partial charge in [-0.2, -0.15) is 0 Å². The molecule has 0 atom stereocenters. The number of rotatable bonds is 2. The second-order valence-corrected chi connectivity index (χ2v) is 16.4. The Morgan fingerprint density at radius 1 is 0.237 bits per heavy atom. The molecule has 0 N–H and O–H groups in total. The van der Waals surface area contributed by atoms with Crippen LogP contribution in [0.5, 0.6) is 0 Å². The molecule has 12 aromatic carbocycles. The van der Waals surface area contributed by atoms with Gasteiger partial charge in [0.15, 0.2) is 0 Å². The average Bonchev–Trinajstić information content (AvgIpc) is 3.77. The molecule has 0 heterocycles. The molecular weight excluding hydrogens is 716 g/mol. The molecule has 0 saturated carbocycles. The minimum Gasteiger partial charge on any atom is -0.207 e. The summed E-state index contributed by atoms with van der Waals surface area (Å²) in [5.41, 5.74) is 14.5. The molecule has 14 rings (SSSR count). The second-order valence-electron chi connectivity index (χ2n) is 16.4. The lowest BCUT2D eigenvalue weighted by Crippen LogP contribution is -1.95. The summed E-state index contributed by atoms with van der Waals surface area (Å²) >= 11 is 0. The first-order valence-electron chi connectivity index (χ1n) is 20.4. The SMILES string of the molecule is Fc1cc2c3c(cc4ccccc4c3c1)-c1cc3ccc4c(ccc5c(-c6ccccc6)c6c(c(-c7ccccc7)c54)-c4cccc5c4c-6cc4ccccc45)c3cc1-2. The van der Waals surface area contributed by atoms with E-state index < -0.39 is 0 Å². The molecule has 0 amide bonds. The van der Waals surface area contributed by atoms with Crippen molar-refractivity contribution in [3.63, 3.8) is 0 Å². The van der Waals surface area contributed by atoms with E-state index in [0.717, 1.165) is 32.7 Å². The van der Waals surface area contributed by atoms with Crippen LogP contribution in [0.4, 0.5) is 4.39 Å². The molecule has 0 aliphatic heterocycles. The Labute approximate surface area is 339 Å². The van der Waals surface area contributed by atoms with E-state index in [1.165, 1.54) is 109 Å². The topological polar surface area (TPSA) is 0 Å². The maximum absolute atomic E-state index is 15.6. The zero-order valence-corrected chi connectivity index (χ0v) is 31.8. The van der Waals surface area contributed by atoms with Crippen molar-refractivity contribution < 1.29 is 4.39 Å². The van der Waals surface area contributed by atoms with Gasteiger partial charge in [-0.1, -0.05) is 152 Å². The van der Waals surface area contributed by atoms with Crippen LogP contribution in [0, 0.1) is 5.82 Å². The monoisotopic (exact) mass is 746 g/mol. The lowest BCUT2D eigenvalue weighted by atomic mass is 9.80. The van der Waals surface area contributed by atoms with Crippen molar-refractivity contribution >= 4 is 75.4 Å². The molecule has 0 bridgehead atoms. The van der Waals surface area contributed by atoms with Crippen LogP contribution >= 0.6 is 0 Å². The summed E-state index contributed by atoms with van der Waals surface area (Å²) in [4.78, 5) is 0. The third-order valence-electron chi connectivity index (χ3n) is 13.5. The fraction of sp³-hybridized carbons (Fsp3) is 0. The number of benzene rings is 12. The van der Waals surface area contributed by atoms with Gasteiger partial charge < -0.3 is 0 Å².